The number of aliphatic carboxylic acids is 1. The SMILES string of the molecule is N=C(N)NCCC[C@H](NC(=O)C1C[C@@H](Cc2ccccc2)[C@@H]2CCC(NC(=O)Cc3ccccc3)C(=O)N12)C(=O)N[C@@H](CCc1ccccc1)CC(=O)O. The van der Waals surface area contributed by atoms with Crippen molar-refractivity contribution in [1.82, 2.24) is 26.2 Å². The zero-order valence-corrected chi connectivity index (χ0v) is 30.4. The van der Waals surface area contributed by atoms with Gasteiger partial charge in [-0.25, -0.2) is 0 Å². The van der Waals surface area contributed by atoms with E-state index in [2.05, 4.69) is 21.3 Å². The number of hydrogen-bond acceptors (Lipinski definition) is 6. The topological polar surface area (TPSA) is 207 Å². The van der Waals surface area contributed by atoms with Crippen LogP contribution in [0.25, 0.3) is 0 Å². The van der Waals surface area contributed by atoms with E-state index in [9.17, 15) is 29.1 Å². The van der Waals surface area contributed by atoms with E-state index >= 15 is 0 Å². The van der Waals surface area contributed by atoms with Crippen molar-refractivity contribution in [2.24, 2.45) is 11.7 Å². The van der Waals surface area contributed by atoms with Crippen LogP contribution in [-0.4, -0.2) is 82.3 Å². The van der Waals surface area contributed by atoms with E-state index in [1.807, 2.05) is 91.0 Å². The number of benzene rings is 3. The Labute approximate surface area is 316 Å². The number of guanidine groups is 1. The highest BCUT2D eigenvalue weighted by Crippen LogP contribution is 2.39. The van der Waals surface area contributed by atoms with Gasteiger partial charge in [0.2, 0.25) is 23.6 Å². The van der Waals surface area contributed by atoms with Crippen LogP contribution in [0.2, 0.25) is 0 Å². The number of hydrogen-bond donors (Lipinski definition) is 7. The van der Waals surface area contributed by atoms with E-state index in [1.54, 1.807) is 4.90 Å². The fourth-order valence-corrected chi connectivity index (χ4v) is 7.67. The van der Waals surface area contributed by atoms with Gasteiger partial charge >= 0.3 is 5.97 Å². The quantitative estimate of drug-likeness (QED) is 0.0586. The van der Waals surface area contributed by atoms with E-state index in [4.69, 9.17) is 11.1 Å². The van der Waals surface area contributed by atoms with E-state index in [0.29, 0.717) is 44.9 Å². The van der Waals surface area contributed by atoms with Gasteiger partial charge in [0, 0.05) is 18.6 Å². The maximum Gasteiger partial charge on any atom is 0.305 e. The smallest absolute Gasteiger partial charge is 0.305 e. The summed E-state index contributed by atoms with van der Waals surface area (Å²) >= 11 is 0. The van der Waals surface area contributed by atoms with E-state index in [1.165, 1.54) is 0 Å². The van der Waals surface area contributed by atoms with Gasteiger partial charge in [-0.2, -0.15) is 0 Å². The van der Waals surface area contributed by atoms with E-state index < -0.39 is 42.0 Å². The number of carbonyl (C=O) groups excluding carboxylic acids is 4. The van der Waals surface area contributed by atoms with Gasteiger partial charge in [-0.3, -0.25) is 29.4 Å². The monoisotopic (exact) mass is 737 g/mol. The Kier molecular flexibility index (Phi) is 14.2. The van der Waals surface area contributed by atoms with Crippen molar-refractivity contribution >= 4 is 35.6 Å². The number of amides is 4. The molecule has 0 saturated carbocycles. The highest BCUT2D eigenvalue weighted by atomic mass is 16.4. The third-order valence-corrected chi connectivity index (χ3v) is 10.3. The molecule has 13 nitrogen and oxygen atoms in total. The average Bonchev–Trinajstić information content (AvgIpc) is 3.52. The molecule has 8 N–H and O–H groups in total. The second-order valence-corrected chi connectivity index (χ2v) is 14.2. The molecule has 2 heterocycles. The molecule has 2 fully saturated rings. The van der Waals surface area contributed by atoms with Crippen LogP contribution in [0.5, 0.6) is 0 Å². The van der Waals surface area contributed by atoms with Crippen LogP contribution in [0.15, 0.2) is 91.0 Å². The summed E-state index contributed by atoms with van der Waals surface area (Å²) in [5.74, 6) is -2.93. The first kappa shape index (κ1) is 39.5. The van der Waals surface area contributed by atoms with Crippen molar-refractivity contribution in [2.45, 2.75) is 94.4 Å². The third-order valence-electron chi connectivity index (χ3n) is 10.3. The molecule has 5 rings (SSSR count). The Morgan fingerprint density at radius 2 is 1.48 bits per heavy atom. The van der Waals surface area contributed by atoms with Gasteiger partial charge in [0.15, 0.2) is 5.96 Å². The highest BCUT2D eigenvalue weighted by Gasteiger charge is 2.51. The number of nitrogens with one attached hydrogen (secondary N) is 5. The van der Waals surface area contributed by atoms with Crippen LogP contribution in [0, 0.1) is 11.3 Å². The minimum atomic E-state index is -1.06. The molecule has 13 heteroatoms. The van der Waals surface area contributed by atoms with Gasteiger partial charge < -0.3 is 37.0 Å². The Hall–Kier alpha value is -5.72. The summed E-state index contributed by atoms with van der Waals surface area (Å²) in [4.78, 5) is 68.8. The highest BCUT2D eigenvalue weighted by molar-refractivity contribution is 5.95. The molecule has 0 radical (unpaired) electrons. The van der Waals surface area contributed by atoms with Crippen molar-refractivity contribution < 1.29 is 29.1 Å². The lowest BCUT2D eigenvalue weighted by Crippen LogP contribution is -2.60. The normalized spacial score (nSPS) is 20.2. The standard InChI is InChI=1S/C41H51N7O6/c42-41(43)44-22-10-17-32(38(52)45-31(26-37(50)51)19-18-27-11-4-1-5-12-27)47-39(53)35-25-30(23-28-13-6-2-7-14-28)34-21-20-33(40(54)48(34)35)46-36(49)24-29-15-8-3-9-16-29/h1-9,11-16,30-35H,10,17-26H2,(H,45,52)(H,46,49)(H,47,53)(H,50,51)(H4,42,43,44)/t30-,31+,32+,33?,34+,35?/m1/s1. The zero-order valence-electron chi connectivity index (χ0n) is 30.4. The van der Waals surface area contributed by atoms with Gasteiger partial charge in [0.05, 0.1) is 12.8 Å². The minimum absolute atomic E-state index is 0.0296. The number of nitrogens with two attached hydrogens (primary N) is 1. The maximum atomic E-state index is 14.3. The van der Waals surface area contributed by atoms with Crippen LogP contribution >= 0.6 is 0 Å². The van der Waals surface area contributed by atoms with E-state index in [-0.39, 0.29) is 55.5 Å². The van der Waals surface area contributed by atoms with Gasteiger partial charge in [0.1, 0.15) is 18.1 Å². The van der Waals surface area contributed by atoms with Gasteiger partial charge in [-0.1, -0.05) is 91.0 Å². The molecule has 2 aliphatic heterocycles. The van der Waals surface area contributed by atoms with Crippen LogP contribution in [0.3, 0.4) is 0 Å². The Bertz CT molecular complexity index is 1740. The molecule has 2 unspecified atom stereocenters. The van der Waals surface area contributed by atoms with Crippen molar-refractivity contribution in [3.05, 3.63) is 108 Å². The molecule has 54 heavy (non-hydrogen) atoms. The maximum absolute atomic E-state index is 14.3. The van der Waals surface area contributed by atoms with Crippen LogP contribution in [-0.2, 0) is 43.2 Å². The lowest BCUT2D eigenvalue weighted by atomic mass is 9.86. The number of aryl methyl sites for hydroxylation is 1. The van der Waals surface area contributed by atoms with Crippen LogP contribution in [0.1, 0.15) is 61.6 Å². The second-order valence-electron chi connectivity index (χ2n) is 14.2. The van der Waals surface area contributed by atoms with Crippen molar-refractivity contribution in [3.63, 3.8) is 0 Å². The number of rotatable bonds is 18. The first-order valence-electron chi connectivity index (χ1n) is 18.7. The largest absolute Gasteiger partial charge is 0.481 e. The fourth-order valence-electron chi connectivity index (χ4n) is 7.67. The summed E-state index contributed by atoms with van der Waals surface area (Å²) in [7, 11) is 0. The summed E-state index contributed by atoms with van der Waals surface area (Å²) in [5, 5.41) is 28.5. The first-order chi connectivity index (χ1) is 26.1. The Morgan fingerprint density at radius 1 is 0.852 bits per heavy atom. The van der Waals surface area contributed by atoms with Gasteiger partial charge in [-0.05, 0) is 74.0 Å². The molecule has 0 spiro atoms. The average molecular weight is 738 g/mol. The Balaban J connectivity index is 1.33. The lowest BCUT2D eigenvalue weighted by Gasteiger charge is -2.39. The molecule has 0 bridgehead atoms. The summed E-state index contributed by atoms with van der Waals surface area (Å²) in [6.07, 6.45) is 3.37. The Morgan fingerprint density at radius 3 is 2.11 bits per heavy atom. The third kappa shape index (κ3) is 11.4. The molecule has 2 aliphatic rings. The first-order valence-corrected chi connectivity index (χ1v) is 18.7. The molecule has 6 atom stereocenters. The summed E-state index contributed by atoms with van der Waals surface area (Å²) < 4.78 is 0. The summed E-state index contributed by atoms with van der Waals surface area (Å²) in [6.45, 7) is 0.279. The number of carboxylic acid groups (broad SMARTS) is 1. The predicted octanol–water partition coefficient (Wildman–Crippen LogP) is 2.68. The van der Waals surface area contributed by atoms with Gasteiger partial charge in [-0.15, -0.1) is 0 Å². The number of fused-ring (bicyclic) bond motifs is 1. The number of carboxylic acids is 1. The van der Waals surface area contributed by atoms with Gasteiger partial charge in [0.25, 0.3) is 0 Å². The molecular formula is C41H51N7O6. The summed E-state index contributed by atoms with van der Waals surface area (Å²) in [6, 6.07) is 25.1. The number of carbonyl (C=O) groups is 5. The van der Waals surface area contributed by atoms with Crippen molar-refractivity contribution in [2.75, 3.05) is 6.54 Å². The molecule has 3 aromatic carbocycles. The zero-order chi connectivity index (χ0) is 38.5. The molecule has 3 aromatic rings. The summed E-state index contributed by atoms with van der Waals surface area (Å²) in [5.41, 5.74) is 8.37. The molecule has 0 aromatic heterocycles. The molecule has 286 valence electrons. The molecule has 0 aliphatic carbocycles. The van der Waals surface area contributed by atoms with E-state index in [0.717, 1.165) is 16.7 Å². The predicted molar refractivity (Wildman–Crippen MR) is 204 cm³/mol. The lowest BCUT2D eigenvalue weighted by molar-refractivity contribution is -0.147. The molecular weight excluding hydrogens is 686 g/mol. The minimum Gasteiger partial charge on any atom is -0.481 e. The second kappa shape index (κ2) is 19.4. The van der Waals surface area contributed by atoms with Crippen LogP contribution in [0.4, 0.5) is 0 Å². The number of nitrogens with zero attached hydrogens (tertiary/aromatic N) is 1. The molecule has 2 saturated heterocycles. The number of piperidine rings is 1. The van der Waals surface area contributed by atoms with Crippen LogP contribution < -0.4 is 27.0 Å². The van der Waals surface area contributed by atoms with Crippen molar-refractivity contribution in [1.29, 1.82) is 5.41 Å². The fraction of sp³-hybridized carbons (Fsp3) is 0.415. The molecule has 4 amide bonds. The van der Waals surface area contributed by atoms with Crippen molar-refractivity contribution in [3.8, 4) is 0 Å².